The molecule has 0 saturated carbocycles. The summed E-state index contributed by atoms with van der Waals surface area (Å²) < 4.78 is 0. The third-order valence-corrected chi connectivity index (χ3v) is 3.37. The van der Waals surface area contributed by atoms with Crippen molar-refractivity contribution in [3.8, 4) is 0 Å². The molecule has 0 aliphatic carbocycles. The van der Waals surface area contributed by atoms with Crippen LogP contribution in [0, 0.1) is 13.8 Å². The molecule has 0 fully saturated rings. The van der Waals surface area contributed by atoms with E-state index in [1.807, 2.05) is 39.0 Å². The first-order valence-corrected chi connectivity index (χ1v) is 7.45. The van der Waals surface area contributed by atoms with Gasteiger partial charge in [0.25, 0.3) is 5.91 Å². The zero-order valence-corrected chi connectivity index (χ0v) is 13.1. The van der Waals surface area contributed by atoms with E-state index in [0.29, 0.717) is 5.56 Å². The number of carbonyl (C=O) groups is 1. The Hall–Kier alpha value is -1.64. The predicted octanol–water partition coefficient (Wildman–Crippen LogP) is 4.38. The standard InChI is InChI=1S/C17H26N2O/c1-5-6-7-8-9-15(4)18-19-17(20)16-11-10-13(2)12-14(16)3/h10-12H,5-9H2,1-4H3,(H,19,20). The molecule has 0 bridgehead atoms. The number of hydrogen-bond acceptors (Lipinski definition) is 2. The minimum atomic E-state index is -0.129. The van der Waals surface area contributed by atoms with E-state index in [0.717, 1.165) is 29.7 Å². The zero-order valence-electron chi connectivity index (χ0n) is 13.1. The molecule has 0 heterocycles. The van der Waals surface area contributed by atoms with Gasteiger partial charge in [0.2, 0.25) is 0 Å². The molecule has 20 heavy (non-hydrogen) atoms. The van der Waals surface area contributed by atoms with E-state index in [-0.39, 0.29) is 5.91 Å². The van der Waals surface area contributed by atoms with Gasteiger partial charge in [-0.15, -0.1) is 0 Å². The Morgan fingerprint density at radius 3 is 2.60 bits per heavy atom. The van der Waals surface area contributed by atoms with Gasteiger partial charge < -0.3 is 0 Å². The molecular weight excluding hydrogens is 248 g/mol. The lowest BCUT2D eigenvalue weighted by Gasteiger charge is -2.06. The van der Waals surface area contributed by atoms with Crippen LogP contribution >= 0.6 is 0 Å². The average molecular weight is 274 g/mol. The predicted molar refractivity (Wildman–Crippen MR) is 85.3 cm³/mol. The van der Waals surface area contributed by atoms with E-state index in [4.69, 9.17) is 0 Å². The second kappa shape index (κ2) is 8.51. The Morgan fingerprint density at radius 2 is 1.95 bits per heavy atom. The van der Waals surface area contributed by atoms with Gasteiger partial charge in [-0.3, -0.25) is 4.79 Å². The van der Waals surface area contributed by atoms with Crippen LogP contribution < -0.4 is 5.43 Å². The molecule has 1 N–H and O–H groups in total. The van der Waals surface area contributed by atoms with Crippen LogP contribution in [0.25, 0.3) is 0 Å². The van der Waals surface area contributed by atoms with Crippen molar-refractivity contribution in [2.75, 3.05) is 0 Å². The summed E-state index contributed by atoms with van der Waals surface area (Å²) in [5, 5.41) is 4.18. The number of hydrazone groups is 1. The minimum Gasteiger partial charge on any atom is -0.267 e. The molecule has 1 aromatic carbocycles. The smallest absolute Gasteiger partial charge is 0.267 e. The van der Waals surface area contributed by atoms with E-state index < -0.39 is 0 Å². The maximum atomic E-state index is 12.0. The van der Waals surface area contributed by atoms with Crippen LogP contribution in [-0.4, -0.2) is 11.6 Å². The number of amides is 1. The summed E-state index contributed by atoms with van der Waals surface area (Å²) in [5.41, 5.74) is 6.47. The van der Waals surface area contributed by atoms with E-state index in [1.54, 1.807) is 0 Å². The van der Waals surface area contributed by atoms with Gasteiger partial charge in [0.15, 0.2) is 0 Å². The van der Waals surface area contributed by atoms with Gasteiger partial charge in [-0.05, 0) is 45.2 Å². The zero-order chi connectivity index (χ0) is 15.0. The molecule has 1 amide bonds. The molecule has 0 aromatic heterocycles. The largest absolute Gasteiger partial charge is 0.271 e. The summed E-state index contributed by atoms with van der Waals surface area (Å²) in [4.78, 5) is 12.0. The van der Waals surface area contributed by atoms with Crippen molar-refractivity contribution in [2.24, 2.45) is 5.10 Å². The maximum absolute atomic E-state index is 12.0. The van der Waals surface area contributed by atoms with Crippen LogP contribution in [0.15, 0.2) is 23.3 Å². The van der Waals surface area contributed by atoms with Gasteiger partial charge in [-0.25, -0.2) is 5.43 Å². The topological polar surface area (TPSA) is 41.5 Å². The van der Waals surface area contributed by atoms with Crippen molar-refractivity contribution >= 4 is 11.6 Å². The maximum Gasteiger partial charge on any atom is 0.271 e. The van der Waals surface area contributed by atoms with Gasteiger partial charge in [0.05, 0.1) is 0 Å². The lowest BCUT2D eigenvalue weighted by Crippen LogP contribution is -2.20. The quantitative estimate of drug-likeness (QED) is 0.447. The SMILES string of the molecule is CCCCCCC(C)=NNC(=O)c1ccc(C)cc1C. The monoisotopic (exact) mass is 274 g/mol. The van der Waals surface area contributed by atoms with Crippen LogP contribution in [-0.2, 0) is 0 Å². The number of carbonyl (C=O) groups excluding carboxylic acids is 1. The third-order valence-electron chi connectivity index (χ3n) is 3.37. The van der Waals surface area contributed by atoms with Crippen molar-refractivity contribution in [3.63, 3.8) is 0 Å². The fraction of sp³-hybridized carbons (Fsp3) is 0.529. The third kappa shape index (κ3) is 5.55. The number of nitrogens with one attached hydrogen (secondary N) is 1. The number of nitrogens with zero attached hydrogens (tertiary/aromatic N) is 1. The first kappa shape index (κ1) is 16.4. The van der Waals surface area contributed by atoms with Gasteiger partial charge in [-0.1, -0.05) is 43.9 Å². The van der Waals surface area contributed by atoms with Crippen LogP contribution in [0.4, 0.5) is 0 Å². The summed E-state index contributed by atoms with van der Waals surface area (Å²) in [7, 11) is 0. The van der Waals surface area contributed by atoms with Crippen molar-refractivity contribution in [2.45, 2.75) is 59.8 Å². The first-order chi connectivity index (χ1) is 9.54. The van der Waals surface area contributed by atoms with Gasteiger partial charge in [0.1, 0.15) is 0 Å². The van der Waals surface area contributed by atoms with Crippen molar-refractivity contribution in [3.05, 3.63) is 34.9 Å². The Morgan fingerprint density at radius 1 is 1.20 bits per heavy atom. The number of rotatable bonds is 7. The summed E-state index contributed by atoms with van der Waals surface area (Å²) in [5.74, 6) is -0.129. The molecule has 0 atom stereocenters. The van der Waals surface area contributed by atoms with E-state index in [9.17, 15) is 4.79 Å². The molecule has 0 unspecified atom stereocenters. The molecule has 0 saturated heterocycles. The van der Waals surface area contributed by atoms with Crippen molar-refractivity contribution in [1.29, 1.82) is 0 Å². The first-order valence-electron chi connectivity index (χ1n) is 7.45. The van der Waals surface area contributed by atoms with E-state index in [1.165, 1.54) is 19.3 Å². The molecular formula is C17H26N2O. The van der Waals surface area contributed by atoms with Crippen LogP contribution in [0.3, 0.4) is 0 Å². The summed E-state index contributed by atoms with van der Waals surface area (Å²) >= 11 is 0. The van der Waals surface area contributed by atoms with Gasteiger partial charge in [0, 0.05) is 11.3 Å². The Bertz CT molecular complexity index is 478. The molecule has 0 spiro atoms. The second-order valence-electron chi connectivity index (χ2n) is 5.42. The molecule has 0 aliphatic heterocycles. The van der Waals surface area contributed by atoms with Crippen LogP contribution in [0.1, 0.15) is 67.4 Å². The highest BCUT2D eigenvalue weighted by molar-refractivity contribution is 5.96. The van der Waals surface area contributed by atoms with Gasteiger partial charge >= 0.3 is 0 Å². The summed E-state index contributed by atoms with van der Waals surface area (Å²) in [6.07, 6.45) is 5.83. The average Bonchev–Trinajstić information content (AvgIpc) is 2.41. The highest BCUT2D eigenvalue weighted by Crippen LogP contribution is 2.10. The van der Waals surface area contributed by atoms with E-state index >= 15 is 0 Å². The number of unbranched alkanes of at least 4 members (excludes halogenated alkanes) is 3. The molecule has 1 rings (SSSR count). The molecule has 110 valence electrons. The molecule has 0 aliphatic rings. The molecule has 3 nitrogen and oxygen atoms in total. The molecule has 1 aromatic rings. The highest BCUT2D eigenvalue weighted by Gasteiger charge is 2.07. The van der Waals surface area contributed by atoms with Crippen molar-refractivity contribution < 1.29 is 4.79 Å². The fourth-order valence-electron chi connectivity index (χ4n) is 2.14. The summed E-state index contributed by atoms with van der Waals surface area (Å²) in [6.45, 7) is 8.13. The minimum absolute atomic E-state index is 0.129. The van der Waals surface area contributed by atoms with Crippen LogP contribution in [0.5, 0.6) is 0 Å². The van der Waals surface area contributed by atoms with Crippen molar-refractivity contribution in [1.82, 2.24) is 5.43 Å². The Labute approximate surface area is 122 Å². The fourth-order valence-corrected chi connectivity index (χ4v) is 2.14. The highest BCUT2D eigenvalue weighted by atomic mass is 16.2. The lowest BCUT2D eigenvalue weighted by molar-refractivity contribution is 0.0954. The Kier molecular flexibility index (Phi) is 6.99. The lowest BCUT2D eigenvalue weighted by atomic mass is 10.1. The number of aryl methyl sites for hydroxylation is 2. The number of benzene rings is 1. The molecule has 3 heteroatoms. The normalized spacial score (nSPS) is 11.5. The van der Waals surface area contributed by atoms with Gasteiger partial charge in [-0.2, -0.15) is 5.10 Å². The second-order valence-corrected chi connectivity index (χ2v) is 5.42. The number of hydrogen-bond donors (Lipinski definition) is 1. The van der Waals surface area contributed by atoms with E-state index in [2.05, 4.69) is 17.5 Å². The Balaban J connectivity index is 2.49. The molecule has 0 radical (unpaired) electrons. The van der Waals surface area contributed by atoms with Crippen LogP contribution in [0.2, 0.25) is 0 Å². The summed E-state index contributed by atoms with van der Waals surface area (Å²) in [6, 6.07) is 5.81.